The van der Waals surface area contributed by atoms with Gasteiger partial charge in [0.1, 0.15) is 6.04 Å². The van der Waals surface area contributed by atoms with Crippen molar-refractivity contribution in [3.8, 4) is 12.3 Å². The Hall–Kier alpha value is -4.99. The number of fused-ring (bicyclic) bond motifs is 1. The molecule has 0 unspecified atom stereocenters. The standard InChI is InChI=1S/C22H21N7O6/c1-2-9-35-16(30)8-7-15(21(33)34)27-19(31)12-3-5-13(6-4-12)24-10-14-11-25-18-17(26-14)20(32)29-22(23)28-18/h1,3-6,11,15,24H,7-10H2,(H,27,31)(H,33,34)(H3,23,25,28,29,32)/t15-/m0/s1. The molecule has 2 heterocycles. The van der Waals surface area contributed by atoms with E-state index in [1.165, 1.54) is 18.3 Å². The van der Waals surface area contributed by atoms with Gasteiger partial charge in [-0.15, -0.1) is 6.42 Å². The van der Waals surface area contributed by atoms with E-state index in [9.17, 15) is 24.3 Å². The molecule has 1 aromatic carbocycles. The number of nitrogens with zero attached hydrogens (tertiary/aromatic N) is 3. The Morgan fingerprint density at radius 2 is 1.97 bits per heavy atom. The van der Waals surface area contributed by atoms with Gasteiger partial charge in [0.15, 0.2) is 17.8 Å². The van der Waals surface area contributed by atoms with Crippen LogP contribution in [0.25, 0.3) is 11.2 Å². The largest absolute Gasteiger partial charge is 0.480 e. The van der Waals surface area contributed by atoms with Crippen molar-refractivity contribution in [2.24, 2.45) is 0 Å². The molecular weight excluding hydrogens is 458 g/mol. The Balaban J connectivity index is 1.57. The Morgan fingerprint density at radius 3 is 2.66 bits per heavy atom. The maximum Gasteiger partial charge on any atom is 0.326 e. The summed E-state index contributed by atoms with van der Waals surface area (Å²) in [5.74, 6) is -0.470. The number of terminal acetylenes is 1. The number of ether oxygens (including phenoxy) is 1. The molecule has 0 saturated heterocycles. The first-order chi connectivity index (χ1) is 16.8. The molecule has 0 aliphatic rings. The van der Waals surface area contributed by atoms with Crippen molar-refractivity contribution < 1.29 is 24.2 Å². The van der Waals surface area contributed by atoms with Crippen molar-refractivity contribution in [2.45, 2.75) is 25.4 Å². The van der Waals surface area contributed by atoms with Gasteiger partial charge in [0.25, 0.3) is 11.5 Å². The van der Waals surface area contributed by atoms with E-state index in [0.717, 1.165) is 0 Å². The molecule has 0 aliphatic heterocycles. The summed E-state index contributed by atoms with van der Waals surface area (Å²) in [7, 11) is 0. The van der Waals surface area contributed by atoms with Gasteiger partial charge < -0.3 is 26.2 Å². The quantitative estimate of drug-likeness (QED) is 0.194. The van der Waals surface area contributed by atoms with Crippen LogP contribution in [-0.2, 0) is 20.9 Å². The lowest BCUT2D eigenvalue weighted by atomic mass is 10.1. The van der Waals surface area contributed by atoms with E-state index >= 15 is 0 Å². The van der Waals surface area contributed by atoms with Crippen molar-refractivity contribution in [2.75, 3.05) is 17.7 Å². The molecule has 3 rings (SSSR count). The molecule has 1 atom stereocenters. The van der Waals surface area contributed by atoms with Crippen LogP contribution in [-0.4, -0.2) is 55.5 Å². The number of carbonyl (C=O) groups excluding carboxylic acids is 2. The number of amides is 1. The lowest BCUT2D eigenvalue weighted by Crippen LogP contribution is -2.41. The number of hydrogen-bond donors (Lipinski definition) is 5. The Kier molecular flexibility index (Phi) is 7.91. The van der Waals surface area contributed by atoms with Crippen molar-refractivity contribution in [1.82, 2.24) is 25.3 Å². The van der Waals surface area contributed by atoms with Gasteiger partial charge >= 0.3 is 11.9 Å². The van der Waals surface area contributed by atoms with Crippen LogP contribution >= 0.6 is 0 Å². The number of rotatable bonds is 10. The molecule has 13 heteroatoms. The molecule has 0 saturated carbocycles. The van der Waals surface area contributed by atoms with E-state index < -0.39 is 29.4 Å². The van der Waals surface area contributed by atoms with E-state index in [1.807, 2.05) is 0 Å². The number of H-pyrrole nitrogens is 1. The third-order valence-corrected chi connectivity index (χ3v) is 4.66. The summed E-state index contributed by atoms with van der Waals surface area (Å²) in [6, 6.07) is 4.96. The SMILES string of the molecule is C#CCOC(=O)CC[C@H](NC(=O)c1ccc(NCc2cnc3nc(N)[nH]c(=O)c3n2)cc1)C(=O)O. The molecule has 0 bridgehead atoms. The van der Waals surface area contributed by atoms with Crippen molar-refractivity contribution >= 4 is 40.6 Å². The molecule has 2 aromatic heterocycles. The average molecular weight is 479 g/mol. The van der Waals surface area contributed by atoms with Gasteiger partial charge in [-0.25, -0.2) is 14.8 Å². The number of carboxylic acids is 1. The minimum atomic E-state index is -1.28. The fraction of sp³-hybridized carbons (Fsp3) is 0.227. The van der Waals surface area contributed by atoms with Crippen LogP contribution in [0.2, 0.25) is 0 Å². The molecule has 35 heavy (non-hydrogen) atoms. The fourth-order valence-electron chi connectivity index (χ4n) is 2.94. The van der Waals surface area contributed by atoms with E-state index in [1.54, 1.807) is 12.1 Å². The van der Waals surface area contributed by atoms with Gasteiger partial charge in [-0.2, -0.15) is 4.98 Å². The molecule has 1 amide bonds. The number of nitrogens with one attached hydrogen (secondary N) is 3. The van der Waals surface area contributed by atoms with E-state index in [2.05, 4.69) is 41.2 Å². The van der Waals surface area contributed by atoms with Crippen molar-refractivity contribution in [1.29, 1.82) is 0 Å². The third-order valence-electron chi connectivity index (χ3n) is 4.66. The summed E-state index contributed by atoms with van der Waals surface area (Å²) >= 11 is 0. The van der Waals surface area contributed by atoms with Gasteiger partial charge in [0.2, 0.25) is 5.95 Å². The Labute approximate surface area is 198 Å². The summed E-state index contributed by atoms with van der Waals surface area (Å²) in [5.41, 5.74) is 6.51. The number of aliphatic carboxylic acids is 1. The summed E-state index contributed by atoms with van der Waals surface area (Å²) in [4.78, 5) is 61.9. The molecule has 0 fully saturated rings. The van der Waals surface area contributed by atoms with E-state index in [4.69, 9.17) is 12.2 Å². The van der Waals surface area contributed by atoms with Crippen LogP contribution < -0.4 is 21.9 Å². The highest BCUT2D eigenvalue weighted by Gasteiger charge is 2.22. The first-order valence-corrected chi connectivity index (χ1v) is 10.2. The van der Waals surface area contributed by atoms with Crippen molar-refractivity contribution in [3.63, 3.8) is 0 Å². The molecule has 180 valence electrons. The highest BCUT2D eigenvalue weighted by Crippen LogP contribution is 2.12. The van der Waals surface area contributed by atoms with Gasteiger partial charge in [-0.05, 0) is 30.7 Å². The summed E-state index contributed by atoms with van der Waals surface area (Å²) < 4.78 is 4.69. The molecular formula is C22H21N7O6. The topological polar surface area (TPSA) is 202 Å². The Morgan fingerprint density at radius 1 is 1.23 bits per heavy atom. The van der Waals surface area contributed by atoms with Gasteiger partial charge in [0, 0.05) is 17.7 Å². The maximum absolute atomic E-state index is 12.4. The number of aromatic amines is 1. The highest BCUT2D eigenvalue weighted by molar-refractivity contribution is 5.97. The number of aromatic nitrogens is 4. The molecule has 13 nitrogen and oxygen atoms in total. The summed E-state index contributed by atoms with van der Waals surface area (Å²) in [5, 5.41) is 14.8. The zero-order valence-electron chi connectivity index (χ0n) is 18.3. The predicted octanol–water partition coefficient (Wildman–Crippen LogP) is 0.0470. The monoisotopic (exact) mass is 479 g/mol. The second-order valence-corrected chi connectivity index (χ2v) is 7.18. The van der Waals surface area contributed by atoms with E-state index in [-0.39, 0.29) is 48.7 Å². The number of esters is 1. The fourth-order valence-corrected chi connectivity index (χ4v) is 2.94. The summed E-state index contributed by atoms with van der Waals surface area (Å²) in [6.07, 6.45) is 6.08. The van der Waals surface area contributed by atoms with Gasteiger partial charge in [0.05, 0.1) is 18.4 Å². The smallest absolute Gasteiger partial charge is 0.326 e. The maximum atomic E-state index is 12.4. The lowest BCUT2D eigenvalue weighted by molar-refractivity contribution is -0.143. The number of hydrogen-bond acceptors (Lipinski definition) is 10. The van der Waals surface area contributed by atoms with Crippen LogP contribution in [0.15, 0.2) is 35.3 Å². The number of benzene rings is 1. The second kappa shape index (κ2) is 11.2. The van der Waals surface area contributed by atoms with Crippen molar-refractivity contribution in [3.05, 3.63) is 52.1 Å². The number of nitrogen functional groups attached to an aromatic ring is 1. The minimum Gasteiger partial charge on any atom is -0.480 e. The molecule has 6 N–H and O–H groups in total. The zero-order valence-corrected chi connectivity index (χ0v) is 18.3. The first kappa shape index (κ1) is 24.6. The average Bonchev–Trinajstić information content (AvgIpc) is 2.84. The van der Waals surface area contributed by atoms with E-state index in [0.29, 0.717) is 11.4 Å². The Bertz CT molecular complexity index is 1350. The van der Waals surface area contributed by atoms with Crippen LogP contribution in [0.4, 0.5) is 11.6 Å². The molecule has 0 aliphatic carbocycles. The highest BCUT2D eigenvalue weighted by atomic mass is 16.5. The zero-order chi connectivity index (χ0) is 25.4. The van der Waals surface area contributed by atoms with Gasteiger partial charge in [-0.3, -0.25) is 19.4 Å². The summed E-state index contributed by atoms with van der Waals surface area (Å²) in [6.45, 7) is 0.0243. The molecule has 0 radical (unpaired) electrons. The van der Waals surface area contributed by atoms with Crippen LogP contribution in [0.1, 0.15) is 28.9 Å². The third kappa shape index (κ3) is 6.75. The second-order valence-electron chi connectivity index (χ2n) is 7.18. The van der Waals surface area contributed by atoms with Crippen LogP contribution in [0.5, 0.6) is 0 Å². The molecule has 0 spiro atoms. The lowest BCUT2D eigenvalue weighted by Gasteiger charge is -2.14. The van der Waals surface area contributed by atoms with Crippen LogP contribution in [0, 0.1) is 12.3 Å². The first-order valence-electron chi connectivity index (χ1n) is 10.2. The normalized spacial score (nSPS) is 11.3. The van der Waals surface area contributed by atoms with Gasteiger partial charge in [-0.1, -0.05) is 5.92 Å². The number of carbonyl (C=O) groups is 3. The predicted molar refractivity (Wildman–Crippen MR) is 124 cm³/mol. The van der Waals surface area contributed by atoms with Crippen LogP contribution in [0.3, 0.4) is 0 Å². The number of anilines is 2. The minimum absolute atomic E-state index is 0.0518. The number of carboxylic acid groups (broad SMARTS) is 1. The molecule has 3 aromatic rings. The number of nitrogens with two attached hydrogens (primary N) is 1.